The van der Waals surface area contributed by atoms with Crippen molar-refractivity contribution in [3.63, 3.8) is 0 Å². The molecule has 0 radical (unpaired) electrons. The molecule has 5 rings (SSSR count). The number of nitrogens with zero attached hydrogens (tertiary/aromatic N) is 4. The first-order valence-corrected chi connectivity index (χ1v) is 9.77. The van der Waals surface area contributed by atoms with E-state index in [9.17, 15) is 0 Å². The summed E-state index contributed by atoms with van der Waals surface area (Å²) in [5.41, 5.74) is 2.72. The Labute approximate surface area is 159 Å². The molecular formula is C21H25N5O. The maximum atomic E-state index is 6.23. The Kier molecular flexibility index (Phi) is 3.64. The van der Waals surface area contributed by atoms with Gasteiger partial charge in [0.2, 0.25) is 0 Å². The van der Waals surface area contributed by atoms with E-state index >= 15 is 0 Å². The topological polar surface area (TPSA) is 66.9 Å². The van der Waals surface area contributed by atoms with Crippen LogP contribution in [0.15, 0.2) is 24.5 Å². The fourth-order valence-electron chi connectivity index (χ4n) is 4.18. The molecule has 6 heteroatoms. The number of pyridine rings is 1. The number of ether oxygens (including phenoxy) is 1. The van der Waals surface area contributed by atoms with Crippen molar-refractivity contribution >= 4 is 16.9 Å². The van der Waals surface area contributed by atoms with E-state index < -0.39 is 0 Å². The molecule has 3 aromatic rings. The zero-order valence-electron chi connectivity index (χ0n) is 16.1. The molecule has 1 atom stereocenters. The molecule has 0 bridgehead atoms. The number of fused-ring (bicyclic) bond motifs is 4. The minimum atomic E-state index is -0.130. The van der Waals surface area contributed by atoms with Gasteiger partial charge in [-0.15, -0.1) is 0 Å². The van der Waals surface area contributed by atoms with Crippen LogP contribution in [0.2, 0.25) is 0 Å². The zero-order valence-corrected chi connectivity index (χ0v) is 16.1. The van der Waals surface area contributed by atoms with E-state index in [4.69, 9.17) is 14.7 Å². The summed E-state index contributed by atoms with van der Waals surface area (Å²) in [4.78, 5) is 20.0. The predicted octanol–water partition coefficient (Wildman–Crippen LogP) is 4.07. The third-order valence-electron chi connectivity index (χ3n) is 5.58. The lowest BCUT2D eigenvalue weighted by Gasteiger charge is -2.42. The average Bonchev–Trinajstić information content (AvgIpc) is 3.15. The van der Waals surface area contributed by atoms with Crippen LogP contribution < -0.4 is 9.64 Å². The Morgan fingerprint density at radius 3 is 2.93 bits per heavy atom. The number of nitrogens with one attached hydrogen (secondary N) is 1. The molecule has 0 aromatic carbocycles. The van der Waals surface area contributed by atoms with Crippen molar-refractivity contribution in [3.8, 4) is 17.1 Å². The molecule has 6 nitrogen and oxygen atoms in total. The Balaban J connectivity index is 1.75. The first kappa shape index (κ1) is 16.5. The zero-order chi connectivity index (χ0) is 18.6. The second-order valence-electron chi connectivity index (χ2n) is 8.55. The van der Waals surface area contributed by atoms with E-state index in [0.717, 1.165) is 52.8 Å². The van der Waals surface area contributed by atoms with E-state index in [1.807, 2.05) is 24.5 Å². The van der Waals surface area contributed by atoms with Gasteiger partial charge in [0.25, 0.3) is 0 Å². The molecule has 2 aliphatic rings. The van der Waals surface area contributed by atoms with E-state index in [0.29, 0.717) is 6.04 Å². The Hall–Kier alpha value is -2.63. The van der Waals surface area contributed by atoms with Crippen molar-refractivity contribution in [1.29, 1.82) is 0 Å². The van der Waals surface area contributed by atoms with E-state index in [-0.39, 0.29) is 5.41 Å². The van der Waals surface area contributed by atoms with Gasteiger partial charge in [-0.3, -0.25) is 0 Å². The highest BCUT2D eigenvalue weighted by molar-refractivity contribution is 5.91. The Morgan fingerprint density at radius 2 is 2.07 bits per heavy atom. The number of rotatable bonds is 1. The minimum absolute atomic E-state index is 0.130. The molecule has 0 aliphatic carbocycles. The van der Waals surface area contributed by atoms with Gasteiger partial charge in [0, 0.05) is 35.3 Å². The Bertz CT molecular complexity index is 1000. The lowest BCUT2D eigenvalue weighted by Crippen LogP contribution is -2.47. The highest BCUT2D eigenvalue weighted by Gasteiger charge is 2.36. The molecule has 1 fully saturated rings. The molecule has 0 amide bonds. The molecule has 5 heterocycles. The van der Waals surface area contributed by atoms with Gasteiger partial charge in [0.1, 0.15) is 12.3 Å². The SMILES string of the molecule is CC(C)(C)c1nc(-c2ccnc3[nH]ccc23)nc2c1OCC1CCCCN21. The van der Waals surface area contributed by atoms with Gasteiger partial charge in [-0.25, -0.2) is 15.0 Å². The molecule has 0 saturated carbocycles. The van der Waals surface area contributed by atoms with Gasteiger partial charge in [0.15, 0.2) is 17.4 Å². The summed E-state index contributed by atoms with van der Waals surface area (Å²) < 4.78 is 6.23. The molecule has 140 valence electrons. The van der Waals surface area contributed by atoms with Gasteiger partial charge in [-0.05, 0) is 31.4 Å². The van der Waals surface area contributed by atoms with Crippen LogP contribution in [0.5, 0.6) is 5.75 Å². The standard InChI is InChI=1S/C21H25N5O/c1-21(2,3)17-16-20(26-11-5-4-6-13(26)12-27-16)25-19(24-17)15-8-10-23-18-14(15)7-9-22-18/h7-10,13H,4-6,11-12H2,1-3H3,(H,22,23). The van der Waals surface area contributed by atoms with Crippen LogP contribution >= 0.6 is 0 Å². The largest absolute Gasteiger partial charge is 0.486 e. The van der Waals surface area contributed by atoms with Crippen molar-refractivity contribution < 1.29 is 4.74 Å². The fraction of sp³-hybridized carbons (Fsp3) is 0.476. The highest BCUT2D eigenvalue weighted by Crippen LogP contribution is 2.43. The smallest absolute Gasteiger partial charge is 0.184 e. The van der Waals surface area contributed by atoms with Gasteiger partial charge in [-0.1, -0.05) is 20.8 Å². The number of hydrogen-bond acceptors (Lipinski definition) is 5. The molecule has 27 heavy (non-hydrogen) atoms. The van der Waals surface area contributed by atoms with E-state index in [2.05, 4.69) is 35.6 Å². The number of anilines is 1. The first-order valence-electron chi connectivity index (χ1n) is 9.77. The summed E-state index contributed by atoms with van der Waals surface area (Å²) in [5, 5.41) is 1.05. The molecule has 1 N–H and O–H groups in total. The summed E-state index contributed by atoms with van der Waals surface area (Å²) in [7, 11) is 0. The van der Waals surface area contributed by atoms with Crippen LogP contribution in [0, 0.1) is 0 Å². The summed E-state index contributed by atoms with van der Waals surface area (Å²) in [6.07, 6.45) is 7.36. The minimum Gasteiger partial charge on any atom is -0.486 e. The van der Waals surface area contributed by atoms with E-state index in [1.54, 1.807) is 0 Å². The third kappa shape index (κ3) is 2.66. The van der Waals surface area contributed by atoms with Crippen molar-refractivity contribution in [2.24, 2.45) is 0 Å². The summed E-state index contributed by atoms with van der Waals surface area (Å²) in [6, 6.07) is 4.46. The number of aromatic nitrogens is 4. The number of aromatic amines is 1. The number of H-pyrrole nitrogens is 1. The number of piperidine rings is 1. The molecule has 1 unspecified atom stereocenters. The summed E-state index contributed by atoms with van der Waals surface area (Å²) in [6.45, 7) is 8.32. The molecular weight excluding hydrogens is 338 g/mol. The quantitative estimate of drug-likeness (QED) is 0.706. The summed E-state index contributed by atoms with van der Waals surface area (Å²) >= 11 is 0. The third-order valence-corrected chi connectivity index (χ3v) is 5.58. The van der Waals surface area contributed by atoms with Gasteiger partial charge in [0.05, 0.1) is 11.7 Å². The molecule has 3 aromatic heterocycles. The van der Waals surface area contributed by atoms with Crippen LogP contribution in [0.3, 0.4) is 0 Å². The maximum Gasteiger partial charge on any atom is 0.184 e. The van der Waals surface area contributed by atoms with Crippen LogP contribution in [0.25, 0.3) is 22.4 Å². The van der Waals surface area contributed by atoms with Crippen molar-refractivity contribution in [2.45, 2.75) is 51.5 Å². The van der Waals surface area contributed by atoms with Crippen molar-refractivity contribution in [1.82, 2.24) is 19.9 Å². The monoisotopic (exact) mass is 363 g/mol. The molecule has 2 aliphatic heterocycles. The highest BCUT2D eigenvalue weighted by atomic mass is 16.5. The second-order valence-corrected chi connectivity index (χ2v) is 8.55. The second kappa shape index (κ2) is 5.94. The van der Waals surface area contributed by atoms with Crippen LogP contribution in [0.4, 0.5) is 5.82 Å². The molecule has 1 saturated heterocycles. The fourth-order valence-corrected chi connectivity index (χ4v) is 4.18. The lowest BCUT2D eigenvalue weighted by atomic mass is 9.90. The number of hydrogen-bond donors (Lipinski definition) is 1. The van der Waals surface area contributed by atoms with Crippen LogP contribution in [-0.4, -0.2) is 39.1 Å². The van der Waals surface area contributed by atoms with Crippen LogP contribution in [-0.2, 0) is 5.41 Å². The van der Waals surface area contributed by atoms with Gasteiger partial charge in [-0.2, -0.15) is 0 Å². The normalized spacial score (nSPS) is 19.5. The Morgan fingerprint density at radius 1 is 1.19 bits per heavy atom. The summed E-state index contributed by atoms with van der Waals surface area (Å²) in [5.74, 6) is 2.57. The maximum absolute atomic E-state index is 6.23. The average molecular weight is 363 g/mol. The van der Waals surface area contributed by atoms with Crippen LogP contribution in [0.1, 0.15) is 45.7 Å². The van der Waals surface area contributed by atoms with Crippen molar-refractivity contribution in [3.05, 3.63) is 30.2 Å². The predicted molar refractivity (Wildman–Crippen MR) is 106 cm³/mol. The first-order chi connectivity index (χ1) is 13.0. The van der Waals surface area contributed by atoms with Gasteiger partial charge >= 0.3 is 0 Å². The van der Waals surface area contributed by atoms with Crippen molar-refractivity contribution in [2.75, 3.05) is 18.1 Å². The van der Waals surface area contributed by atoms with E-state index in [1.165, 1.54) is 19.3 Å². The van der Waals surface area contributed by atoms with Gasteiger partial charge < -0.3 is 14.6 Å². The lowest BCUT2D eigenvalue weighted by molar-refractivity contribution is 0.231. The molecule has 0 spiro atoms.